The molecule has 0 saturated heterocycles. The average molecular weight is 414 g/mol. The van der Waals surface area contributed by atoms with E-state index < -0.39 is 24.4 Å². The highest BCUT2D eigenvalue weighted by Gasteiger charge is 2.32. The third-order valence-electron chi connectivity index (χ3n) is 2.69. The Hall–Kier alpha value is -2.14. The number of ether oxygens (including phenoxy) is 1. The van der Waals surface area contributed by atoms with Crippen LogP contribution in [0.3, 0.4) is 0 Å². The molecule has 0 fully saturated rings. The molecule has 12 heteroatoms. The van der Waals surface area contributed by atoms with E-state index in [-0.39, 0.29) is 27.4 Å². The summed E-state index contributed by atoms with van der Waals surface area (Å²) in [6.45, 7) is -3.04. The highest BCUT2D eigenvalue weighted by Crippen LogP contribution is 2.30. The Bertz CT molecular complexity index is 791. The van der Waals surface area contributed by atoms with Crippen molar-refractivity contribution in [2.75, 3.05) is 11.1 Å². The van der Waals surface area contributed by atoms with Crippen molar-refractivity contribution >= 4 is 35.0 Å². The monoisotopic (exact) mass is 413 g/mol. The Kier molecular flexibility index (Phi) is 6.59. The minimum absolute atomic E-state index is 0.142. The van der Waals surface area contributed by atoms with E-state index in [1.807, 2.05) is 0 Å². The predicted molar refractivity (Wildman–Crippen MR) is 84.5 cm³/mol. The number of carbonyl (C=O) groups excluding carboxylic acids is 1. The van der Waals surface area contributed by atoms with Gasteiger partial charge in [0.05, 0.1) is 10.8 Å². The van der Waals surface area contributed by atoms with Crippen LogP contribution in [0.5, 0.6) is 5.75 Å². The third-order valence-corrected chi connectivity index (χ3v) is 3.84. The summed E-state index contributed by atoms with van der Waals surface area (Å²) in [5.41, 5.74) is -0.913. The van der Waals surface area contributed by atoms with Crippen LogP contribution in [0.4, 0.5) is 27.6 Å². The number of hydrogen-bond donors (Lipinski definition) is 1. The highest BCUT2D eigenvalue weighted by atomic mass is 35.5. The second kappa shape index (κ2) is 8.49. The number of carbonyl (C=O) groups is 1. The lowest BCUT2D eigenvalue weighted by molar-refractivity contribution is -0.141. The molecule has 0 bridgehead atoms. The molecule has 5 nitrogen and oxygen atoms in total. The molecule has 1 amide bonds. The first-order valence-electron chi connectivity index (χ1n) is 6.72. The first-order valence-corrected chi connectivity index (χ1v) is 8.09. The fraction of sp³-hybridized carbons (Fsp3) is 0.214. The van der Waals surface area contributed by atoms with Crippen LogP contribution < -0.4 is 10.1 Å². The van der Waals surface area contributed by atoms with Crippen LogP contribution >= 0.6 is 23.4 Å². The SMILES string of the molecule is O=C(CSc1nccc(C(F)(F)F)n1)Nc1ccc(OC(F)F)c(Cl)c1. The average Bonchev–Trinajstić information content (AvgIpc) is 2.55. The van der Waals surface area contributed by atoms with Crippen molar-refractivity contribution in [2.45, 2.75) is 17.9 Å². The fourth-order valence-electron chi connectivity index (χ4n) is 1.67. The smallest absolute Gasteiger partial charge is 0.433 e. The number of thioether (sulfide) groups is 1. The summed E-state index contributed by atoms with van der Waals surface area (Å²) >= 11 is 6.45. The van der Waals surface area contributed by atoms with Gasteiger partial charge in [0.25, 0.3) is 0 Å². The van der Waals surface area contributed by atoms with Crippen LogP contribution in [0.25, 0.3) is 0 Å². The second-order valence-electron chi connectivity index (χ2n) is 4.58. The molecule has 26 heavy (non-hydrogen) atoms. The number of benzene rings is 1. The van der Waals surface area contributed by atoms with Gasteiger partial charge in [0.2, 0.25) is 5.91 Å². The maximum absolute atomic E-state index is 12.6. The summed E-state index contributed by atoms with van der Waals surface area (Å²) in [5.74, 6) is -1.10. The second-order valence-corrected chi connectivity index (χ2v) is 5.93. The van der Waals surface area contributed by atoms with Crippen LogP contribution in [-0.2, 0) is 11.0 Å². The zero-order valence-electron chi connectivity index (χ0n) is 12.6. The van der Waals surface area contributed by atoms with E-state index in [9.17, 15) is 26.7 Å². The number of aromatic nitrogens is 2. The van der Waals surface area contributed by atoms with E-state index in [1.165, 1.54) is 12.1 Å². The van der Waals surface area contributed by atoms with Gasteiger partial charge in [-0.2, -0.15) is 22.0 Å². The minimum Gasteiger partial charge on any atom is -0.433 e. The Labute approximate surface area is 152 Å². The number of nitrogens with one attached hydrogen (secondary N) is 1. The molecule has 1 aromatic carbocycles. The molecular formula is C14H9ClF5N3O2S. The minimum atomic E-state index is -4.61. The van der Waals surface area contributed by atoms with Crippen LogP contribution in [0.2, 0.25) is 5.02 Å². The zero-order chi connectivity index (χ0) is 19.3. The van der Waals surface area contributed by atoms with Crippen molar-refractivity contribution in [2.24, 2.45) is 0 Å². The molecule has 0 aliphatic heterocycles. The van der Waals surface area contributed by atoms with E-state index in [2.05, 4.69) is 20.0 Å². The van der Waals surface area contributed by atoms with Crippen molar-refractivity contribution in [3.05, 3.63) is 41.2 Å². The summed E-state index contributed by atoms with van der Waals surface area (Å²) in [6.07, 6.45) is -3.67. The maximum Gasteiger partial charge on any atom is 0.433 e. The first kappa shape index (κ1) is 20.2. The van der Waals surface area contributed by atoms with Crippen LogP contribution in [0, 0.1) is 0 Å². The number of amides is 1. The van der Waals surface area contributed by atoms with Gasteiger partial charge < -0.3 is 10.1 Å². The van der Waals surface area contributed by atoms with Gasteiger partial charge in [-0.15, -0.1) is 0 Å². The Balaban J connectivity index is 1.94. The van der Waals surface area contributed by atoms with Gasteiger partial charge in [-0.1, -0.05) is 23.4 Å². The van der Waals surface area contributed by atoms with Gasteiger partial charge in [0.1, 0.15) is 11.4 Å². The van der Waals surface area contributed by atoms with Crippen molar-refractivity contribution < 1.29 is 31.5 Å². The number of rotatable bonds is 6. The van der Waals surface area contributed by atoms with Crippen LogP contribution in [0.15, 0.2) is 35.6 Å². The van der Waals surface area contributed by atoms with Crippen molar-refractivity contribution in [1.82, 2.24) is 9.97 Å². The molecule has 0 aliphatic rings. The first-order chi connectivity index (χ1) is 12.1. The van der Waals surface area contributed by atoms with E-state index in [0.717, 1.165) is 18.3 Å². The summed E-state index contributed by atoms with van der Waals surface area (Å²) in [5, 5.41) is 2.06. The normalized spacial score (nSPS) is 11.5. The molecular weight excluding hydrogens is 405 g/mol. The molecule has 0 spiro atoms. The molecule has 0 atom stereocenters. The summed E-state index contributed by atoms with van der Waals surface area (Å²) in [7, 11) is 0. The van der Waals surface area contributed by atoms with Crippen LogP contribution in [0.1, 0.15) is 5.69 Å². The third kappa shape index (κ3) is 5.99. The van der Waals surface area contributed by atoms with Gasteiger partial charge in [-0.3, -0.25) is 4.79 Å². The lowest BCUT2D eigenvalue weighted by Gasteiger charge is -2.09. The lowest BCUT2D eigenvalue weighted by Crippen LogP contribution is -2.15. The number of alkyl halides is 5. The molecule has 2 rings (SSSR count). The van der Waals surface area contributed by atoms with Crippen LogP contribution in [-0.4, -0.2) is 28.2 Å². The van der Waals surface area contributed by atoms with Crippen molar-refractivity contribution in [3.8, 4) is 5.75 Å². The van der Waals surface area contributed by atoms with Gasteiger partial charge in [0, 0.05) is 11.9 Å². The summed E-state index contributed by atoms with van der Waals surface area (Å²) < 4.78 is 66.1. The molecule has 140 valence electrons. The zero-order valence-corrected chi connectivity index (χ0v) is 14.1. The molecule has 0 radical (unpaired) electrons. The molecule has 0 saturated carbocycles. The van der Waals surface area contributed by atoms with E-state index in [1.54, 1.807) is 0 Å². The summed E-state index contributed by atoms with van der Waals surface area (Å²) in [6, 6.07) is 4.35. The van der Waals surface area contributed by atoms with Crippen molar-refractivity contribution in [1.29, 1.82) is 0 Å². The van der Waals surface area contributed by atoms with E-state index in [0.29, 0.717) is 11.8 Å². The van der Waals surface area contributed by atoms with E-state index in [4.69, 9.17) is 11.6 Å². The Morgan fingerprint density at radius 3 is 2.65 bits per heavy atom. The molecule has 0 aliphatic carbocycles. The number of nitrogens with zero attached hydrogens (tertiary/aromatic N) is 2. The van der Waals surface area contributed by atoms with Gasteiger partial charge in [0.15, 0.2) is 5.16 Å². The van der Waals surface area contributed by atoms with Gasteiger partial charge in [-0.05, 0) is 24.3 Å². The van der Waals surface area contributed by atoms with Gasteiger partial charge in [-0.25, -0.2) is 9.97 Å². The Morgan fingerprint density at radius 2 is 2.04 bits per heavy atom. The van der Waals surface area contributed by atoms with Gasteiger partial charge >= 0.3 is 12.8 Å². The molecule has 1 aromatic heterocycles. The van der Waals surface area contributed by atoms with Crippen molar-refractivity contribution in [3.63, 3.8) is 0 Å². The molecule has 0 unspecified atom stereocenters. The topological polar surface area (TPSA) is 64.1 Å². The fourth-order valence-corrected chi connectivity index (χ4v) is 2.52. The lowest BCUT2D eigenvalue weighted by atomic mass is 10.3. The number of halogens is 6. The molecule has 1 N–H and O–H groups in total. The molecule has 2 aromatic rings. The maximum atomic E-state index is 12.6. The number of hydrogen-bond acceptors (Lipinski definition) is 5. The molecule has 1 heterocycles. The largest absolute Gasteiger partial charge is 0.433 e. The standard InChI is InChI=1S/C14H9ClF5N3O2S/c15-8-5-7(1-2-9(8)25-12(16)17)22-11(24)6-26-13-21-4-3-10(23-13)14(18,19)20/h1-5,12H,6H2,(H,22,24). The van der Waals surface area contributed by atoms with E-state index >= 15 is 0 Å². The quantitative estimate of drug-likeness (QED) is 0.430. The highest BCUT2D eigenvalue weighted by molar-refractivity contribution is 7.99. The summed E-state index contributed by atoms with van der Waals surface area (Å²) in [4.78, 5) is 18.8. The predicted octanol–water partition coefficient (Wildman–Crippen LogP) is 4.48. The Morgan fingerprint density at radius 1 is 1.31 bits per heavy atom. The number of anilines is 1.